The number of hydrogen-bond donors (Lipinski definition) is 1. The summed E-state index contributed by atoms with van der Waals surface area (Å²) in [6.45, 7) is 3.69. The van der Waals surface area contributed by atoms with Gasteiger partial charge in [0.15, 0.2) is 0 Å². The summed E-state index contributed by atoms with van der Waals surface area (Å²) < 4.78 is 49.8. The van der Waals surface area contributed by atoms with Gasteiger partial charge in [-0.3, -0.25) is 4.79 Å². The minimum Gasteiger partial charge on any atom is -0.326 e. The first-order valence-corrected chi connectivity index (χ1v) is 10.3. The number of aromatic nitrogens is 2. The molecule has 2 aromatic carbocycles. The highest BCUT2D eigenvalue weighted by Crippen LogP contribution is 2.21. The fraction of sp³-hybridized carbons (Fsp3) is 0.200. The third-order valence-electron chi connectivity index (χ3n) is 4.48. The maximum absolute atomic E-state index is 12.6. The second-order valence-corrected chi connectivity index (χ2v) is 8.37. The van der Waals surface area contributed by atoms with E-state index in [1.807, 2.05) is 44.2 Å². The van der Waals surface area contributed by atoms with Gasteiger partial charge in [-0.05, 0) is 50.2 Å². The number of aryl methyl sites for hydroxylation is 1. The van der Waals surface area contributed by atoms with Gasteiger partial charge in [0.05, 0.1) is 22.7 Å². The average Bonchev–Trinajstić information content (AvgIpc) is 2.97. The average molecular weight is 419 g/mol. The lowest BCUT2D eigenvalue weighted by Gasteiger charge is -2.08. The smallest absolute Gasteiger partial charge is 0.326 e. The van der Waals surface area contributed by atoms with E-state index in [2.05, 4.69) is 10.4 Å². The van der Waals surface area contributed by atoms with Crippen LogP contribution in [0.3, 0.4) is 0 Å². The molecule has 1 heterocycles. The van der Waals surface area contributed by atoms with E-state index in [4.69, 9.17) is 0 Å². The molecule has 1 amide bonds. The molecule has 0 spiro atoms. The molecule has 0 saturated heterocycles. The fourth-order valence-corrected chi connectivity index (χ4v) is 3.67. The van der Waals surface area contributed by atoms with Gasteiger partial charge in [-0.15, -0.1) is 0 Å². The van der Waals surface area contributed by atoms with E-state index in [1.165, 1.54) is 12.1 Å². The Morgan fingerprint density at radius 1 is 1.07 bits per heavy atom. The van der Waals surface area contributed by atoms with Gasteiger partial charge < -0.3 is 5.32 Å². The molecule has 152 valence electrons. The second-order valence-electron chi connectivity index (χ2n) is 6.45. The van der Waals surface area contributed by atoms with Gasteiger partial charge >= 0.3 is 5.76 Å². The van der Waals surface area contributed by atoms with E-state index >= 15 is 0 Å². The van der Waals surface area contributed by atoms with Crippen LogP contribution in [0.4, 0.5) is 14.5 Å². The first-order chi connectivity index (χ1) is 13.7. The van der Waals surface area contributed by atoms with Crippen molar-refractivity contribution < 1.29 is 22.0 Å². The maximum atomic E-state index is 12.6. The van der Waals surface area contributed by atoms with Crippen molar-refractivity contribution in [1.29, 1.82) is 0 Å². The highest BCUT2D eigenvalue weighted by molar-refractivity contribution is 7.91. The maximum Gasteiger partial charge on any atom is 0.341 e. The molecule has 3 aromatic rings. The molecule has 0 aliphatic carbocycles. The Bertz CT molecular complexity index is 1130. The van der Waals surface area contributed by atoms with Crippen molar-refractivity contribution in [2.45, 2.75) is 30.9 Å². The first-order valence-electron chi connectivity index (χ1n) is 8.72. The summed E-state index contributed by atoms with van der Waals surface area (Å²) in [6.07, 6.45) is 0.0710. The van der Waals surface area contributed by atoms with Crippen molar-refractivity contribution in [2.75, 3.05) is 5.32 Å². The van der Waals surface area contributed by atoms with E-state index in [-0.39, 0.29) is 12.3 Å². The largest absolute Gasteiger partial charge is 0.341 e. The van der Waals surface area contributed by atoms with Crippen LogP contribution in [0.5, 0.6) is 0 Å². The van der Waals surface area contributed by atoms with Crippen LogP contribution < -0.4 is 5.32 Å². The monoisotopic (exact) mass is 419 g/mol. The molecule has 0 bridgehead atoms. The molecule has 0 atom stereocenters. The summed E-state index contributed by atoms with van der Waals surface area (Å²) in [7, 11) is -4.66. The lowest BCUT2D eigenvalue weighted by atomic mass is 10.1. The van der Waals surface area contributed by atoms with Crippen molar-refractivity contribution in [2.24, 2.45) is 0 Å². The Hall–Kier alpha value is -3.07. The number of halogens is 2. The Morgan fingerprint density at radius 2 is 1.69 bits per heavy atom. The molecule has 29 heavy (non-hydrogen) atoms. The number of rotatable bonds is 6. The number of alkyl halides is 2. The molecule has 9 heteroatoms. The van der Waals surface area contributed by atoms with Crippen LogP contribution in [-0.4, -0.2) is 29.9 Å². The molecule has 0 aliphatic rings. The summed E-state index contributed by atoms with van der Waals surface area (Å²) in [5.41, 5.74) is 3.54. The lowest BCUT2D eigenvalue weighted by Crippen LogP contribution is -2.16. The Morgan fingerprint density at radius 3 is 2.28 bits per heavy atom. The summed E-state index contributed by atoms with van der Waals surface area (Å²) in [5.74, 6) is -3.82. The molecule has 1 aromatic heterocycles. The third-order valence-corrected chi connectivity index (χ3v) is 5.88. The molecule has 0 radical (unpaired) electrons. The number of benzene rings is 2. The van der Waals surface area contributed by atoms with Gasteiger partial charge in [0.2, 0.25) is 15.7 Å². The highest BCUT2D eigenvalue weighted by Gasteiger charge is 2.26. The Balaban J connectivity index is 1.74. The number of nitrogens with zero attached hydrogens (tertiary/aromatic N) is 2. The van der Waals surface area contributed by atoms with E-state index < -0.39 is 20.5 Å². The van der Waals surface area contributed by atoms with Crippen molar-refractivity contribution in [3.05, 3.63) is 71.5 Å². The van der Waals surface area contributed by atoms with E-state index in [1.54, 1.807) is 4.68 Å². The van der Waals surface area contributed by atoms with Crippen molar-refractivity contribution in [3.8, 4) is 5.69 Å². The number of carbonyl (C=O) groups is 1. The van der Waals surface area contributed by atoms with Crippen LogP contribution in [0.15, 0.2) is 59.5 Å². The lowest BCUT2D eigenvalue weighted by molar-refractivity contribution is -0.115. The SMILES string of the molecule is Cc1nn(-c2ccccc2)c(C)c1CC(=O)Nc1ccc(S(=O)(=O)C(F)F)cc1. The van der Waals surface area contributed by atoms with Crippen LogP contribution in [-0.2, 0) is 21.1 Å². The molecule has 0 aliphatic heterocycles. The van der Waals surface area contributed by atoms with Crippen LogP contribution in [0.1, 0.15) is 17.0 Å². The molecular weight excluding hydrogens is 400 g/mol. The molecule has 0 saturated carbocycles. The summed E-state index contributed by atoms with van der Waals surface area (Å²) >= 11 is 0. The molecular formula is C20H19F2N3O3S. The zero-order valence-electron chi connectivity index (χ0n) is 15.8. The molecule has 1 N–H and O–H groups in total. The van der Waals surface area contributed by atoms with Crippen molar-refractivity contribution >= 4 is 21.4 Å². The van der Waals surface area contributed by atoms with Gasteiger partial charge in [-0.25, -0.2) is 13.1 Å². The standard InChI is InChI=1S/C20H19F2N3O3S/c1-13-18(14(2)25(24-13)16-6-4-3-5-7-16)12-19(26)23-15-8-10-17(11-9-15)29(27,28)20(21)22/h3-11,20H,12H2,1-2H3,(H,23,26). The normalized spacial score (nSPS) is 11.6. The minimum absolute atomic E-state index is 0.0710. The summed E-state index contributed by atoms with van der Waals surface area (Å²) in [6, 6.07) is 14.2. The number of carbonyl (C=O) groups excluding carboxylic acids is 1. The molecule has 0 fully saturated rings. The third kappa shape index (κ3) is 4.34. The number of amides is 1. The van der Waals surface area contributed by atoms with Crippen molar-refractivity contribution in [3.63, 3.8) is 0 Å². The van der Waals surface area contributed by atoms with E-state index in [9.17, 15) is 22.0 Å². The number of para-hydroxylation sites is 1. The zero-order valence-corrected chi connectivity index (χ0v) is 16.6. The van der Waals surface area contributed by atoms with Crippen LogP contribution in [0, 0.1) is 13.8 Å². The predicted octanol–water partition coefficient (Wildman–Crippen LogP) is 3.67. The summed E-state index contributed by atoms with van der Waals surface area (Å²) in [5, 5.41) is 7.14. The van der Waals surface area contributed by atoms with Gasteiger partial charge in [0, 0.05) is 16.9 Å². The van der Waals surface area contributed by atoms with E-state index in [0.717, 1.165) is 34.8 Å². The quantitative estimate of drug-likeness (QED) is 0.661. The van der Waals surface area contributed by atoms with Gasteiger partial charge in [0.25, 0.3) is 0 Å². The van der Waals surface area contributed by atoms with Gasteiger partial charge in [-0.1, -0.05) is 18.2 Å². The number of nitrogens with one attached hydrogen (secondary N) is 1. The van der Waals surface area contributed by atoms with Gasteiger partial charge in [-0.2, -0.15) is 13.9 Å². The Labute approximate surface area is 167 Å². The highest BCUT2D eigenvalue weighted by atomic mass is 32.2. The van der Waals surface area contributed by atoms with Crippen molar-refractivity contribution in [1.82, 2.24) is 9.78 Å². The minimum atomic E-state index is -4.66. The number of anilines is 1. The zero-order chi connectivity index (χ0) is 21.2. The second kappa shape index (κ2) is 8.12. The van der Waals surface area contributed by atoms with E-state index in [0.29, 0.717) is 5.69 Å². The van der Waals surface area contributed by atoms with Crippen LogP contribution in [0.2, 0.25) is 0 Å². The molecule has 6 nitrogen and oxygen atoms in total. The predicted molar refractivity (Wildman–Crippen MR) is 105 cm³/mol. The topological polar surface area (TPSA) is 81.1 Å². The first kappa shape index (κ1) is 20.7. The number of hydrogen-bond acceptors (Lipinski definition) is 4. The van der Waals surface area contributed by atoms with Gasteiger partial charge in [0.1, 0.15) is 0 Å². The molecule has 0 unspecified atom stereocenters. The summed E-state index contributed by atoms with van der Waals surface area (Å²) in [4.78, 5) is 11.9. The fourth-order valence-electron chi connectivity index (χ4n) is 2.95. The Kier molecular flexibility index (Phi) is 5.78. The molecule has 3 rings (SSSR count). The number of sulfone groups is 1. The van der Waals surface area contributed by atoms with Crippen LogP contribution in [0.25, 0.3) is 5.69 Å². The van der Waals surface area contributed by atoms with Crippen LogP contribution >= 0.6 is 0 Å².